The summed E-state index contributed by atoms with van der Waals surface area (Å²) in [6, 6.07) is 4.04. The molecule has 0 unspecified atom stereocenters. The maximum atomic E-state index is 13.8. The van der Waals surface area contributed by atoms with Crippen LogP contribution in [-0.4, -0.2) is 20.8 Å². The van der Waals surface area contributed by atoms with Gasteiger partial charge in [-0.2, -0.15) is 5.10 Å². The molecule has 3 N–H and O–H groups in total. The van der Waals surface area contributed by atoms with E-state index in [1.807, 2.05) is 6.92 Å². The Kier molecular flexibility index (Phi) is 3.65. The molecule has 100 valence electrons. The number of aryl methyl sites for hydroxylation is 1. The Labute approximate surface area is 108 Å². The normalized spacial score (nSPS) is 11.6. The molecule has 0 aliphatic carbocycles. The predicted molar refractivity (Wildman–Crippen MR) is 66.9 cm³/mol. The van der Waals surface area contributed by atoms with Crippen molar-refractivity contribution in [3.63, 3.8) is 0 Å². The summed E-state index contributed by atoms with van der Waals surface area (Å²) in [5, 5.41) is 15.3. The summed E-state index contributed by atoms with van der Waals surface area (Å²) < 4.78 is 20.8. The zero-order valence-corrected chi connectivity index (χ0v) is 10.2. The molecule has 0 saturated carbocycles. The van der Waals surface area contributed by atoms with Crippen molar-refractivity contribution in [1.82, 2.24) is 9.78 Å². The van der Waals surface area contributed by atoms with Crippen LogP contribution in [0.1, 0.15) is 12.5 Å². The first-order chi connectivity index (χ1) is 9.13. The summed E-state index contributed by atoms with van der Waals surface area (Å²) in [5.41, 5.74) is 5.64. The fourth-order valence-electron chi connectivity index (χ4n) is 1.50. The number of benzene rings is 1. The van der Waals surface area contributed by atoms with Gasteiger partial charge in [0.1, 0.15) is 0 Å². The molecule has 19 heavy (non-hydrogen) atoms. The maximum Gasteiger partial charge on any atom is 0.170 e. The van der Waals surface area contributed by atoms with Crippen molar-refractivity contribution in [1.29, 1.82) is 0 Å². The molecule has 1 aromatic heterocycles. The van der Waals surface area contributed by atoms with E-state index in [9.17, 15) is 4.39 Å². The fourth-order valence-corrected chi connectivity index (χ4v) is 1.50. The van der Waals surface area contributed by atoms with Gasteiger partial charge in [0.15, 0.2) is 23.2 Å². The highest BCUT2D eigenvalue weighted by atomic mass is 19.1. The number of rotatable bonds is 4. The number of halogens is 1. The minimum atomic E-state index is -0.603. The van der Waals surface area contributed by atoms with E-state index < -0.39 is 5.82 Å². The molecule has 0 atom stereocenters. The highest BCUT2D eigenvalue weighted by Crippen LogP contribution is 2.24. The first-order valence-corrected chi connectivity index (χ1v) is 5.61. The molecule has 0 aliphatic rings. The summed E-state index contributed by atoms with van der Waals surface area (Å²) in [7, 11) is 0. The van der Waals surface area contributed by atoms with Gasteiger partial charge in [-0.15, -0.1) is 0 Å². The van der Waals surface area contributed by atoms with E-state index >= 15 is 0 Å². The van der Waals surface area contributed by atoms with E-state index in [0.29, 0.717) is 12.3 Å². The first kappa shape index (κ1) is 12.9. The standard InChI is InChI=1S/C12H13FN4O2/c1-2-17-7-9(6-15-17)19-11-4-3-8(5-10(11)13)12(14)16-18/h3-7,18H,2H2,1H3,(H2,14,16). The summed E-state index contributed by atoms with van der Waals surface area (Å²) in [4.78, 5) is 0. The van der Waals surface area contributed by atoms with Gasteiger partial charge in [-0.3, -0.25) is 4.68 Å². The quantitative estimate of drug-likeness (QED) is 0.382. The number of oxime groups is 1. The molecule has 1 aromatic carbocycles. The first-order valence-electron chi connectivity index (χ1n) is 5.61. The molecular weight excluding hydrogens is 251 g/mol. The van der Waals surface area contributed by atoms with Gasteiger partial charge in [-0.25, -0.2) is 4.39 Å². The lowest BCUT2D eigenvalue weighted by atomic mass is 10.2. The van der Waals surface area contributed by atoms with Gasteiger partial charge in [0, 0.05) is 12.1 Å². The van der Waals surface area contributed by atoms with Crippen LogP contribution in [0.4, 0.5) is 4.39 Å². The third-order valence-electron chi connectivity index (χ3n) is 2.50. The number of aromatic nitrogens is 2. The Balaban J connectivity index is 2.21. The number of nitrogens with zero attached hydrogens (tertiary/aromatic N) is 3. The fraction of sp³-hybridized carbons (Fsp3) is 0.167. The third-order valence-corrected chi connectivity index (χ3v) is 2.50. The topological polar surface area (TPSA) is 85.7 Å². The predicted octanol–water partition coefficient (Wildman–Crippen LogP) is 1.93. The van der Waals surface area contributed by atoms with E-state index in [2.05, 4.69) is 10.3 Å². The minimum Gasteiger partial charge on any atom is -0.451 e. The number of ether oxygens (including phenoxy) is 1. The van der Waals surface area contributed by atoms with Crippen LogP contribution in [0, 0.1) is 5.82 Å². The van der Waals surface area contributed by atoms with Gasteiger partial charge in [0.25, 0.3) is 0 Å². The second-order valence-corrected chi connectivity index (χ2v) is 3.76. The molecule has 0 saturated heterocycles. The number of hydrogen-bond acceptors (Lipinski definition) is 4. The smallest absolute Gasteiger partial charge is 0.170 e. The van der Waals surface area contributed by atoms with Crippen LogP contribution >= 0.6 is 0 Å². The Bertz CT molecular complexity index is 610. The van der Waals surface area contributed by atoms with Crippen LogP contribution < -0.4 is 10.5 Å². The SMILES string of the molecule is CCn1cc(Oc2ccc(/C(N)=N/O)cc2F)cn1. The van der Waals surface area contributed by atoms with Crippen LogP contribution in [-0.2, 0) is 6.54 Å². The Morgan fingerprint density at radius 3 is 2.95 bits per heavy atom. The van der Waals surface area contributed by atoms with Crippen LogP contribution in [0.15, 0.2) is 35.7 Å². The Hall–Kier alpha value is -2.57. The Morgan fingerprint density at radius 2 is 2.37 bits per heavy atom. The summed E-state index contributed by atoms with van der Waals surface area (Å²) in [6.07, 6.45) is 3.16. The van der Waals surface area contributed by atoms with Gasteiger partial charge in [0.2, 0.25) is 0 Å². The highest BCUT2D eigenvalue weighted by molar-refractivity contribution is 5.97. The van der Waals surface area contributed by atoms with Crippen LogP contribution in [0.2, 0.25) is 0 Å². The van der Waals surface area contributed by atoms with E-state index in [1.54, 1.807) is 10.9 Å². The molecule has 2 rings (SSSR count). The van der Waals surface area contributed by atoms with Crippen molar-refractivity contribution >= 4 is 5.84 Å². The van der Waals surface area contributed by atoms with Gasteiger partial charge in [0.05, 0.1) is 12.4 Å². The number of hydrogen-bond donors (Lipinski definition) is 2. The van der Waals surface area contributed by atoms with Gasteiger partial charge < -0.3 is 15.7 Å². The third kappa shape index (κ3) is 2.82. The average Bonchev–Trinajstić information content (AvgIpc) is 2.88. The van der Waals surface area contributed by atoms with Crippen LogP contribution in [0.5, 0.6) is 11.5 Å². The molecule has 0 spiro atoms. The van der Waals surface area contributed by atoms with Crippen molar-refractivity contribution in [2.24, 2.45) is 10.9 Å². The molecule has 0 amide bonds. The molecule has 2 aromatic rings. The Morgan fingerprint density at radius 1 is 1.58 bits per heavy atom. The number of amidine groups is 1. The monoisotopic (exact) mass is 264 g/mol. The summed E-state index contributed by atoms with van der Waals surface area (Å²) >= 11 is 0. The van der Waals surface area contributed by atoms with Gasteiger partial charge in [-0.05, 0) is 25.1 Å². The molecule has 0 aliphatic heterocycles. The summed E-state index contributed by atoms with van der Waals surface area (Å²) in [5.74, 6) is -0.278. The van der Waals surface area contributed by atoms with E-state index in [4.69, 9.17) is 15.7 Å². The van der Waals surface area contributed by atoms with E-state index in [1.165, 1.54) is 18.3 Å². The molecule has 0 radical (unpaired) electrons. The van der Waals surface area contributed by atoms with Crippen molar-refractivity contribution < 1.29 is 14.3 Å². The van der Waals surface area contributed by atoms with Crippen molar-refractivity contribution in [3.8, 4) is 11.5 Å². The zero-order valence-electron chi connectivity index (χ0n) is 10.2. The lowest BCUT2D eigenvalue weighted by Gasteiger charge is -2.05. The van der Waals surface area contributed by atoms with E-state index in [0.717, 1.165) is 6.07 Å². The minimum absolute atomic E-state index is 0.0464. The second-order valence-electron chi connectivity index (χ2n) is 3.76. The second kappa shape index (κ2) is 5.38. The molecular formula is C12H13FN4O2. The van der Waals surface area contributed by atoms with E-state index in [-0.39, 0.29) is 17.1 Å². The number of nitrogens with two attached hydrogens (primary N) is 1. The van der Waals surface area contributed by atoms with Crippen LogP contribution in [0.25, 0.3) is 0 Å². The van der Waals surface area contributed by atoms with Gasteiger partial charge >= 0.3 is 0 Å². The maximum absolute atomic E-state index is 13.8. The van der Waals surface area contributed by atoms with Crippen LogP contribution in [0.3, 0.4) is 0 Å². The molecule has 0 fully saturated rings. The van der Waals surface area contributed by atoms with Crippen molar-refractivity contribution in [2.45, 2.75) is 13.5 Å². The zero-order chi connectivity index (χ0) is 13.8. The largest absolute Gasteiger partial charge is 0.451 e. The molecule has 0 bridgehead atoms. The molecule has 6 nitrogen and oxygen atoms in total. The van der Waals surface area contributed by atoms with Crippen molar-refractivity contribution in [2.75, 3.05) is 0 Å². The van der Waals surface area contributed by atoms with Crippen molar-refractivity contribution in [3.05, 3.63) is 42.0 Å². The summed E-state index contributed by atoms with van der Waals surface area (Å²) in [6.45, 7) is 2.64. The lowest BCUT2D eigenvalue weighted by molar-refractivity contribution is 0.318. The lowest BCUT2D eigenvalue weighted by Crippen LogP contribution is -2.13. The highest BCUT2D eigenvalue weighted by Gasteiger charge is 2.09. The molecule has 7 heteroatoms. The van der Waals surface area contributed by atoms with Gasteiger partial charge in [-0.1, -0.05) is 5.16 Å². The molecule has 1 heterocycles. The average molecular weight is 264 g/mol.